The zero-order valence-electron chi connectivity index (χ0n) is 12.1. The monoisotopic (exact) mass is 328 g/mol. The molecule has 5 unspecified atom stereocenters. The van der Waals surface area contributed by atoms with Gasteiger partial charge < -0.3 is 11.1 Å². The summed E-state index contributed by atoms with van der Waals surface area (Å²) in [5, 5.41) is 3.82. The fourth-order valence-corrected chi connectivity index (χ4v) is 4.00. The summed E-state index contributed by atoms with van der Waals surface area (Å²) < 4.78 is 0. The fraction of sp³-hybridized carbons (Fsp3) is 0.562. The van der Waals surface area contributed by atoms with Crippen molar-refractivity contribution in [3.05, 3.63) is 34.9 Å². The molecule has 0 heterocycles. The lowest BCUT2D eigenvalue weighted by atomic mass is 9.84. The first kappa shape index (κ1) is 16.6. The first-order valence-corrected chi connectivity index (χ1v) is 7.75. The number of halogens is 2. The van der Waals surface area contributed by atoms with E-state index in [0.717, 1.165) is 18.4 Å². The fourth-order valence-electron chi connectivity index (χ4n) is 3.87. The molecule has 2 fully saturated rings. The van der Waals surface area contributed by atoms with Crippen LogP contribution in [0.1, 0.15) is 37.8 Å². The van der Waals surface area contributed by atoms with E-state index in [-0.39, 0.29) is 36.3 Å². The number of nitrogens with one attached hydrogen (secondary N) is 1. The molecule has 3 nitrogen and oxygen atoms in total. The number of rotatable bonds is 3. The third kappa shape index (κ3) is 3.20. The van der Waals surface area contributed by atoms with Gasteiger partial charge >= 0.3 is 0 Å². The van der Waals surface area contributed by atoms with Gasteiger partial charge in [0.05, 0.1) is 12.0 Å². The number of nitrogens with two attached hydrogens (primary N) is 1. The highest BCUT2D eigenvalue weighted by molar-refractivity contribution is 6.30. The molecule has 0 aliphatic heterocycles. The normalized spacial score (nSPS) is 31.6. The topological polar surface area (TPSA) is 55.1 Å². The number of amides is 1. The standard InChI is InChI=1S/C16H21ClN2O.ClH/c1-9(10-4-6-13(17)7-5-10)19-16(20)14-11-2-3-12(8-11)15(14)18;/h4-7,9,11-12,14-15H,2-3,8,18H2,1H3,(H,19,20);1H. The number of carbonyl (C=O) groups excluding carboxylic acids is 1. The molecule has 5 heteroatoms. The summed E-state index contributed by atoms with van der Waals surface area (Å²) in [5.74, 6) is 1.17. The van der Waals surface area contributed by atoms with E-state index in [4.69, 9.17) is 17.3 Å². The zero-order valence-corrected chi connectivity index (χ0v) is 13.7. The van der Waals surface area contributed by atoms with Gasteiger partial charge in [-0.1, -0.05) is 23.7 Å². The molecule has 3 rings (SSSR count). The van der Waals surface area contributed by atoms with Gasteiger partial charge in [0.25, 0.3) is 0 Å². The molecule has 21 heavy (non-hydrogen) atoms. The van der Waals surface area contributed by atoms with Crippen LogP contribution in [-0.4, -0.2) is 11.9 Å². The number of hydrogen-bond donors (Lipinski definition) is 2. The van der Waals surface area contributed by atoms with E-state index in [1.807, 2.05) is 31.2 Å². The second-order valence-electron chi connectivity index (χ2n) is 6.22. The molecule has 2 saturated carbocycles. The highest BCUT2D eigenvalue weighted by Gasteiger charge is 2.49. The van der Waals surface area contributed by atoms with E-state index < -0.39 is 0 Å². The summed E-state index contributed by atoms with van der Waals surface area (Å²) >= 11 is 5.88. The molecule has 0 radical (unpaired) electrons. The number of benzene rings is 1. The Morgan fingerprint density at radius 3 is 2.48 bits per heavy atom. The largest absolute Gasteiger partial charge is 0.349 e. The Hall–Kier alpha value is -0.770. The SMILES string of the molecule is CC(NC(=O)C1C2CCC(C2)C1N)c1ccc(Cl)cc1.Cl. The quantitative estimate of drug-likeness (QED) is 0.894. The summed E-state index contributed by atoms with van der Waals surface area (Å²) in [6.07, 6.45) is 3.49. The number of hydrogen-bond acceptors (Lipinski definition) is 2. The van der Waals surface area contributed by atoms with Crippen LogP contribution in [0.3, 0.4) is 0 Å². The maximum Gasteiger partial charge on any atom is 0.225 e. The molecule has 0 spiro atoms. The Bertz CT molecular complexity index is 504. The molecule has 5 atom stereocenters. The van der Waals surface area contributed by atoms with Crippen molar-refractivity contribution >= 4 is 29.9 Å². The van der Waals surface area contributed by atoms with Crippen molar-refractivity contribution in [2.75, 3.05) is 0 Å². The lowest BCUT2D eigenvalue weighted by molar-refractivity contribution is -0.127. The van der Waals surface area contributed by atoms with E-state index in [2.05, 4.69) is 5.32 Å². The predicted molar refractivity (Wildman–Crippen MR) is 87.6 cm³/mol. The minimum atomic E-state index is -0.00825. The molecule has 0 aromatic heterocycles. The van der Waals surface area contributed by atoms with Crippen LogP contribution in [-0.2, 0) is 4.79 Å². The van der Waals surface area contributed by atoms with Crippen molar-refractivity contribution in [1.82, 2.24) is 5.32 Å². The highest BCUT2D eigenvalue weighted by Crippen LogP contribution is 2.47. The van der Waals surface area contributed by atoms with Gasteiger partial charge in [0, 0.05) is 11.1 Å². The van der Waals surface area contributed by atoms with E-state index in [9.17, 15) is 4.79 Å². The second kappa shape index (κ2) is 6.55. The average molecular weight is 329 g/mol. The molecule has 116 valence electrons. The lowest BCUT2D eigenvalue weighted by Gasteiger charge is -2.28. The predicted octanol–water partition coefficient (Wildman–Crippen LogP) is 3.31. The number of carbonyl (C=O) groups is 1. The third-order valence-electron chi connectivity index (χ3n) is 5.01. The van der Waals surface area contributed by atoms with Crippen molar-refractivity contribution in [3.63, 3.8) is 0 Å². The van der Waals surface area contributed by atoms with E-state index in [1.165, 1.54) is 6.42 Å². The lowest BCUT2D eigenvalue weighted by Crippen LogP contribution is -2.45. The van der Waals surface area contributed by atoms with Crippen LogP contribution in [0, 0.1) is 17.8 Å². The Kier molecular flexibility index (Phi) is 5.18. The molecular formula is C16H22Cl2N2O. The molecule has 2 aliphatic rings. The smallest absolute Gasteiger partial charge is 0.225 e. The van der Waals surface area contributed by atoms with Crippen molar-refractivity contribution in [3.8, 4) is 0 Å². The van der Waals surface area contributed by atoms with Gasteiger partial charge in [-0.05, 0) is 55.7 Å². The van der Waals surface area contributed by atoms with Gasteiger partial charge in [-0.15, -0.1) is 12.4 Å². The summed E-state index contributed by atoms with van der Waals surface area (Å²) in [6, 6.07) is 7.64. The summed E-state index contributed by atoms with van der Waals surface area (Å²) in [4.78, 5) is 12.5. The first-order valence-electron chi connectivity index (χ1n) is 7.37. The average Bonchev–Trinajstić information content (AvgIpc) is 2.99. The van der Waals surface area contributed by atoms with Crippen molar-refractivity contribution in [1.29, 1.82) is 0 Å². The van der Waals surface area contributed by atoms with Gasteiger partial charge in [0.15, 0.2) is 0 Å². The van der Waals surface area contributed by atoms with E-state index in [0.29, 0.717) is 16.9 Å². The molecule has 2 bridgehead atoms. The van der Waals surface area contributed by atoms with Crippen LogP contribution in [0.5, 0.6) is 0 Å². The zero-order chi connectivity index (χ0) is 14.3. The van der Waals surface area contributed by atoms with Crippen LogP contribution < -0.4 is 11.1 Å². The van der Waals surface area contributed by atoms with Crippen molar-refractivity contribution in [2.45, 2.75) is 38.3 Å². The number of fused-ring (bicyclic) bond motifs is 2. The van der Waals surface area contributed by atoms with Gasteiger partial charge in [-0.25, -0.2) is 0 Å². The molecule has 3 N–H and O–H groups in total. The Labute approximate surface area is 137 Å². The summed E-state index contributed by atoms with van der Waals surface area (Å²) in [7, 11) is 0. The molecular weight excluding hydrogens is 307 g/mol. The maximum atomic E-state index is 12.5. The summed E-state index contributed by atoms with van der Waals surface area (Å²) in [6.45, 7) is 2.00. The van der Waals surface area contributed by atoms with Gasteiger partial charge in [-0.2, -0.15) is 0 Å². The van der Waals surface area contributed by atoms with Gasteiger partial charge in [0.1, 0.15) is 0 Å². The van der Waals surface area contributed by atoms with Crippen LogP contribution in [0.15, 0.2) is 24.3 Å². The van der Waals surface area contributed by atoms with Gasteiger partial charge in [0.2, 0.25) is 5.91 Å². The van der Waals surface area contributed by atoms with Crippen LogP contribution in [0.25, 0.3) is 0 Å². The minimum absolute atomic E-state index is 0. The second-order valence-corrected chi connectivity index (χ2v) is 6.65. The maximum absolute atomic E-state index is 12.5. The third-order valence-corrected chi connectivity index (χ3v) is 5.26. The van der Waals surface area contributed by atoms with Crippen molar-refractivity contribution in [2.24, 2.45) is 23.5 Å². The molecule has 1 aromatic rings. The highest BCUT2D eigenvalue weighted by atomic mass is 35.5. The first-order chi connectivity index (χ1) is 9.56. The Morgan fingerprint density at radius 2 is 1.90 bits per heavy atom. The minimum Gasteiger partial charge on any atom is -0.349 e. The van der Waals surface area contributed by atoms with Gasteiger partial charge in [-0.3, -0.25) is 4.79 Å². The van der Waals surface area contributed by atoms with E-state index >= 15 is 0 Å². The molecule has 0 saturated heterocycles. The molecule has 1 amide bonds. The van der Waals surface area contributed by atoms with Crippen LogP contribution in [0.2, 0.25) is 5.02 Å². The van der Waals surface area contributed by atoms with Crippen LogP contribution in [0.4, 0.5) is 0 Å². The van der Waals surface area contributed by atoms with Crippen LogP contribution >= 0.6 is 24.0 Å². The Balaban J connectivity index is 0.00000161. The summed E-state index contributed by atoms with van der Waals surface area (Å²) in [5.41, 5.74) is 7.29. The van der Waals surface area contributed by atoms with E-state index in [1.54, 1.807) is 0 Å². The van der Waals surface area contributed by atoms with Crippen molar-refractivity contribution < 1.29 is 4.79 Å². The molecule has 1 aromatic carbocycles. The molecule has 2 aliphatic carbocycles. The Morgan fingerprint density at radius 1 is 1.29 bits per heavy atom.